The first-order valence-electron chi connectivity index (χ1n) is 9.62. The van der Waals surface area contributed by atoms with Gasteiger partial charge in [0.15, 0.2) is 0 Å². The van der Waals surface area contributed by atoms with Crippen molar-refractivity contribution in [1.82, 2.24) is 10.2 Å². The van der Waals surface area contributed by atoms with Crippen molar-refractivity contribution < 1.29 is 14.4 Å². The largest absolute Gasteiger partial charge is 0.336 e. The molecule has 1 heterocycles. The van der Waals surface area contributed by atoms with Gasteiger partial charge < -0.3 is 10.6 Å². The van der Waals surface area contributed by atoms with Crippen LogP contribution in [0.15, 0.2) is 30.4 Å². The summed E-state index contributed by atoms with van der Waals surface area (Å²) in [6, 6.07) is 5.49. The standard InChI is InChI=1S/C21H25N3O3/c1-12-4-3-5-13(2)18(12)23-21(27)22-10-11-24-19(25)16-14-6-7-15(9-8-14)17(16)20(24)26/h3-7,14-17H,8-11H2,1-2H3,(H2,22,23,27). The van der Waals surface area contributed by atoms with Crippen molar-refractivity contribution >= 4 is 23.5 Å². The number of rotatable bonds is 4. The van der Waals surface area contributed by atoms with Crippen LogP contribution in [-0.4, -0.2) is 35.8 Å². The highest BCUT2D eigenvalue weighted by Crippen LogP contribution is 2.49. The molecular weight excluding hydrogens is 342 g/mol. The van der Waals surface area contributed by atoms with E-state index in [1.807, 2.05) is 32.0 Å². The van der Waals surface area contributed by atoms with Crippen LogP contribution in [0.25, 0.3) is 0 Å². The van der Waals surface area contributed by atoms with E-state index in [9.17, 15) is 14.4 Å². The van der Waals surface area contributed by atoms with Crippen molar-refractivity contribution in [3.63, 3.8) is 0 Å². The molecule has 4 unspecified atom stereocenters. The Morgan fingerprint density at radius 1 is 1.04 bits per heavy atom. The number of hydrogen-bond donors (Lipinski definition) is 2. The van der Waals surface area contributed by atoms with E-state index in [0.717, 1.165) is 29.7 Å². The number of urea groups is 1. The maximum atomic E-state index is 12.7. The number of para-hydroxylation sites is 1. The van der Waals surface area contributed by atoms with E-state index in [4.69, 9.17) is 0 Å². The highest BCUT2D eigenvalue weighted by molar-refractivity contribution is 6.06. The minimum atomic E-state index is -0.328. The lowest BCUT2D eigenvalue weighted by atomic mass is 9.63. The number of hydrogen-bond acceptors (Lipinski definition) is 3. The normalized spacial score (nSPS) is 28.4. The van der Waals surface area contributed by atoms with Gasteiger partial charge in [-0.3, -0.25) is 14.5 Å². The average Bonchev–Trinajstić information content (AvgIpc) is 2.93. The van der Waals surface area contributed by atoms with Crippen LogP contribution in [0.1, 0.15) is 24.0 Å². The Kier molecular flexibility index (Phi) is 4.50. The van der Waals surface area contributed by atoms with Gasteiger partial charge in [-0.2, -0.15) is 0 Å². The molecule has 1 aliphatic heterocycles. The van der Waals surface area contributed by atoms with Gasteiger partial charge in [0.25, 0.3) is 0 Å². The van der Waals surface area contributed by atoms with Crippen molar-refractivity contribution in [1.29, 1.82) is 0 Å². The number of amides is 4. The number of allylic oxidation sites excluding steroid dienone is 2. The van der Waals surface area contributed by atoms with Crippen molar-refractivity contribution in [2.75, 3.05) is 18.4 Å². The second kappa shape index (κ2) is 6.83. The van der Waals surface area contributed by atoms with E-state index in [2.05, 4.69) is 22.8 Å². The van der Waals surface area contributed by atoms with Crippen LogP contribution in [-0.2, 0) is 9.59 Å². The van der Waals surface area contributed by atoms with Gasteiger partial charge in [-0.05, 0) is 49.7 Å². The van der Waals surface area contributed by atoms with Gasteiger partial charge in [0.05, 0.1) is 11.8 Å². The quantitative estimate of drug-likeness (QED) is 0.634. The molecule has 1 saturated heterocycles. The fourth-order valence-electron chi connectivity index (χ4n) is 4.81. The fraction of sp³-hybridized carbons (Fsp3) is 0.476. The zero-order chi connectivity index (χ0) is 19.1. The second-order valence-electron chi connectivity index (χ2n) is 7.82. The summed E-state index contributed by atoms with van der Waals surface area (Å²) >= 11 is 0. The molecule has 0 aromatic heterocycles. The molecule has 2 fully saturated rings. The summed E-state index contributed by atoms with van der Waals surface area (Å²) < 4.78 is 0. The Balaban J connectivity index is 1.34. The Bertz CT molecular complexity index is 780. The molecule has 6 heteroatoms. The molecule has 6 nitrogen and oxygen atoms in total. The maximum absolute atomic E-state index is 12.7. The molecule has 142 valence electrons. The Hall–Kier alpha value is -2.63. The van der Waals surface area contributed by atoms with Crippen molar-refractivity contribution in [3.8, 4) is 0 Å². The summed E-state index contributed by atoms with van der Waals surface area (Å²) in [4.78, 5) is 39.0. The van der Waals surface area contributed by atoms with Crippen LogP contribution in [0, 0.1) is 37.5 Å². The van der Waals surface area contributed by atoms with Crippen LogP contribution in [0.2, 0.25) is 0 Å². The SMILES string of the molecule is Cc1cccc(C)c1NC(=O)NCCN1C(=O)C2C3C=CC(CC3)C2C1=O. The average molecular weight is 367 g/mol. The number of nitrogens with zero attached hydrogens (tertiary/aromatic N) is 1. The van der Waals surface area contributed by atoms with Gasteiger partial charge in [0, 0.05) is 18.8 Å². The second-order valence-corrected chi connectivity index (χ2v) is 7.82. The molecule has 27 heavy (non-hydrogen) atoms. The lowest BCUT2D eigenvalue weighted by Crippen LogP contribution is -2.40. The van der Waals surface area contributed by atoms with Crippen LogP contribution in [0.5, 0.6) is 0 Å². The molecule has 2 N–H and O–H groups in total. The zero-order valence-electron chi connectivity index (χ0n) is 15.7. The Morgan fingerprint density at radius 2 is 1.59 bits per heavy atom. The topological polar surface area (TPSA) is 78.5 Å². The molecular formula is C21H25N3O3. The van der Waals surface area contributed by atoms with Gasteiger partial charge in [-0.25, -0.2) is 4.79 Å². The van der Waals surface area contributed by atoms with Crippen molar-refractivity contribution in [3.05, 3.63) is 41.5 Å². The van der Waals surface area contributed by atoms with E-state index in [-0.39, 0.29) is 54.6 Å². The van der Waals surface area contributed by atoms with Gasteiger partial charge in [0.2, 0.25) is 11.8 Å². The lowest BCUT2D eigenvalue weighted by Gasteiger charge is -2.38. The van der Waals surface area contributed by atoms with Crippen molar-refractivity contribution in [2.24, 2.45) is 23.7 Å². The van der Waals surface area contributed by atoms with E-state index >= 15 is 0 Å². The third kappa shape index (κ3) is 3.03. The highest BCUT2D eigenvalue weighted by Gasteiger charge is 2.56. The number of imide groups is 1. The van der Waals surface area contributed by atoms with Crippen LogP contribution in [0.4, 0.5) is 10.5 Å². The number of carbonyl (C=O) groups excluding carboxylic acids is 3. The highest BCUT2D eigenvalue weighted by atomic mass is 16.2. The fourth-order valence-corrected chi connectivity index (χ4v) is 4.81. The molecule has 4 amide bonds. The summed E-state index contributed by atoms with van der Waals surface area (Å²) in [6.45, 7) is 4.35. The number of aryl methyl sites for hydroxylation is 2. The first kappa shape index (κ1) is 17.8. The molecule has 1 aromatic carbocycles. The summed E-state index contributed by atoms with van der Waals surface area (Å²) in [5.41, 5.74) is 2.76. The number of benzene rings is 1. The Morgan fingerprint density at radius 3 is 2.11 bits per heavy atom. The van der Waals surface area contributed by atoms with Crippen LogP contribution < -0.4 is 10.6 Å². The molecule has 1 aromatic rings. The van der Waals surface area contributed by atoms with E-state index < -0.39 is 0 Å². The van der Waals surface area contributed by atoms with Gasteiger partial charge in [-0.15, -0.1) is 0 Å². The third-order valence-corrected chi connectivity index (χ3v) is 6.19. The predicted octanol–water partition coefficient (Wildman–Crippen LogP) is 2.62. The zero-order valence-corrected chi connectivity index (χ0v) is 15.7. The number of nitrogens with one attached hydrogen (secondary N) is 2. The molecule has 0 spiro atoms. The summed E-state index contributed by atoms with van der Waals surface area (Å²) in [7, 11) is 0. The van der Waals surface area contributed by atoms with E-state index in [1.54, 1.807) is 0 Å². The minimum Gasteiger partial charge on any atom is -0.336 e. The molecule has 2 bridgehead atoms. The first-order valence-corrected chi connectivity index (χ1v) is 9.62. The molecule has 1 saturated carbocycles. The smallest absolute Gasteiger partial charge is 0.319 e. The van der Waals surface area contributed by atoms with Gasteiger partial charge >= 0.3 is 6.03 Å². The molecule has 0 radical (unpaired) electrons. The van der Waals surface area contributed by atoms with Crippen LogP contribution >= 0.6 is 0 Å². The molecule has 3 aliphatic carbocycles. The van der Waals surface area contributed by atoms with Crippen molar-refractivity contribution in [2.45, 2.75) is 26.7 Å². The summed E-state index contributed by atoms with van der Waals surface area (Å²) in [5.74, 6) is -0.125. The predicted molar refractivity (Wildman–Crippen MR) is 102 cm³/mol. The first-order chi connectivity index (χ1) is 13.0. The summed E-state index contributed by atoms with van der Waals surface area (Å²) in [6.07, 6.45) is 6.21. The van der Waals surface area contributed by atoms with E-state index in [0.29, 0.717) is 0 Å². The molecule has 4 aliphatic rings. The Labute approximate surface area is 159 Å². The minimum absolute atomic E-state index is 0.0685. The number of likely N-dealkylation sites (tertiary alicyclic amines) is 1. The van der Waals surface area contributed by atoms with Crippen LogP contribution in [0.3, 0.4) is 0 Å². The summed E-state index contributed by atoms with van der Waals surface area (Å²) in [5, 5.41) is 5.61. The maximum Gasteiger partial charge on any atom is 0.319 e. The number of fused-ring (bicyclic) bond motifs is 1. The molecule has 4 atom stereocenters. The van der Waals surface area contributed by atoms with E-state index in [1.165, 1.54) is 4.90 Å². The number of anilines is 1. The van der Waals surface area contributed by atoms with Gasteiger partial charge in [-0.1, -0.05) is 30.4 Å². The third-order valence-electron chi connectivity index (χ3n) is 6.19. The van der Waals surface area contributed by atoms with Gasteiger partial charge in [0.1, 0.15) is 0 Å². The monoisotopic (exact) mass is 367 g/mol. The lowest BCUT2D eigenvalue weighted by molar-refractivity contribution is -0.140. The molecule has 5 rings (SSSR count). The number of carbonyl (C=O) groups is 3.